The monoisotopic (exact) mass is 215 g/mol. The minimum absolute atomic E-state index is 0.137. The lowest BCUT2D eigenvalue weighted by molar-refractivity contribution is -0.309. The summed E-state index contributed by atoms with van der Waals surface area (Å²) in [6, 6.07) is -1.38. The molecule has 2 atom stereocenters. The van der Waals surface area contributed by atoms with E-state index in [0.29, 0.717) is 13.0 Å². The average Bonchev–Trinajstić information content (AvgIpc) is 2.21. The molecule has 2 amide bonds. The summed E-state index contributed by atoms with van der Waals surface area (Å²) in [5, 5.41) is 15.7. The van der Waals surface area contributed by atoms with E-state index in [-0.39, 0.29) is 5.92 Å². The van der Waals surface area contributed by atoms with E-state index >= 15 is 0 Å². The lowest BCUT2D eigenvalue weighted by atomic mass is 9.99. The molecule has 15 heavy (non-hydrogen) atoms. The molecule has 0 aliphatic rings. The van der Waals surface area contributed by atoms with E-state index in [0.717, 1.165) is 6.42 Å². The number of amides is 2. The second-order valence-corrected chi connectivity index (χ2v) is 3.58. The van der Waals surface area contributed by atoms with Gasteiger partial charge in [-0.3, -0.25) is 0 Å². The zero-order valence-electron chi connectivity index (χ0n) is 9.50. The van der Waals surface area contributed by atoms with Crippen molar-refractivity contribution in [2.45, 2.75) is 39.7 Å². The standard InChI is InChI=1S/C10H20N2O3/c1-4-6-11-10(15)12-8(9(13)14)7(3)5-2/h7-8H,4-6H2,1-3H3,(H,13,14)(H2,11,12,15)/p-1/t7-,8-/m0/s1. The fraction of sp³-hybridized carbons (Fsp3) is 0.800. The van der Waals surface area contributed by atoms with E-state index in [4.69, 9.17) is 0 Å². The first-order valence-electron chi connectivity index (χ1n) is 5.28. The predicted molar refractivity (Wildman–Crippen MR) is 55.1 cm³/mol. The summed E-state index contributed by atoms with van der Waals surface area (Å²) in [7, 11) is 0. The number of carbonyl (C=O) groups excluding carboxylic acids is 2. The third-order valence-corrected chi connectivity index (χ3v) is 2.29. The van der Waals surface area contributed by atoms with E-state index in [1.54, 1.807) is 6.92 Å². The fourth-order valence-corrected chi connectivity index (χ4v) is 1.10. The first-order chi connectivity index (χ1) is 7.02. The fourth-order valence-electron chi connectivity index (χ4n) is 1.10. The van der Waals surface area contributed by atoms with Crippen molar-refractivity contribution >= 4 is 12.0 Å². The molecular weight excluding hydrogens is 196 g/mol. The molecule has 0 saturated carbocycles. The summed E-state index contributed by atoms with van der Waals surface area (Å²) >= 11 is 0. The van der Waals surface area contributed by atoms with Gasteiger partial charge in [0.25, 0.3) is 0 Å². The lowest BCUT2D eigenvalue weighted by Crippen LogP contribution is -2.53. The third-order valence-electron chi connectivity index (χ3n) is 2.29. The number of nitrogens with one attached hydrogen (secondary N) is 2. The van der Waals surface area contributed by atoms with Crippen LogP contribution in [0.3, 0.4) is 0 Å². The van der Waals surface area contributed by atoms with Crippen LogP contribution in [0.25, 0.3) is 0 Å². The maximum absolute atomic E-state index is 11.2. The zero-order chi connectivity index (χ0) is 11.8. The number of carboxylic acids is 1. The van der Waals surface area contributed by atoms with Crippen molar-refractivity contribution in [2.24, 2.45) is 5.92 Å². The Hall–Kier alpha value is -1.26. The number of carbonyl (C=O) groups is 2. The van der Waals surface area contributed by atoms with Gasteiger partial charge in [0, 0.05) is 6.54 Å². The Bertz CT molecular complexity index is 219. The highest BCUT2D eigenvalue weighted by atomic mass is 16.4. The molecule has 2 N–H and O–H groups in total. The highest BCUT2D eigenvalue weighted by Gasteiger charge is 2.18. The third kappa shape index (κ3) is 5.24. The molecule has 0 aromatic rings. The van der Waals surface area contributed by atoms with E-state index in [1.165, 1.54) is 0 Å². The average molecular weight is 215 g/mol. The van der Waals surface area contributed by atoms with Crippen molar-refractivity contribution < 1.29 is 14.7 Å². The minimum atomic E-state index is -1.24. The van der Waals surface area contributed by atoms with Crippen molar-refractivity contribution in [3.05, 3.63) is 0 Å². The van der Waals surface area contributed by atoms with Gasteiger partial charge in [-0.25, -0.2) is 4.79 Å². The second-order valence-electron chi connectivity index (χ2n) is 3.58. The van der Waals surface area contributed by atoms with Crippen LogP contribution in [0.1, 0.15) is 33.6 Å². The van der Waals surface area contributed by atoms with Gasteiger partial charge in [-0.05, 0) is 12.3 Å². The number of carboxylic acid groups (broad SMARTS) is 1. The van der Waals surface area contributed by atoms with Gasteiger partial charge in [-0.2, -0.15) is 0 Å². The SMILES string of the molecule is CCCNC(=O)N[C@H](C(=O)[O-])[C@@H](C)CC. The molecule has 5 heteroatoms. The van der Waals surface area contributed by atoms with Gasteiger partial charge in [0.05, 0.1) is 12.0 Å². The molecule has 0 spiro atoms. The molecule has 0 aromatic heterocycles. The van der Waals surface area contributed by atoms with E-state index in [2.05, 4.69) is 10.6 Å². The highest BCUT2D eigenvalue weighted by molar-refractivity contribution is 5.81. The van der Waals surface area contributed by atoms with Crippen LogP contribution >= 0.6 is 0 Å². The lowest BCUT2D eigenvalue weighted by Gasteiger charge is -2.25. The van der Waals surface area contributed by atoms with Crippen LogP contribution < -0.4 is 15.7 Å². The zero-order valence-corrected chi connectivity index (χ0v) is 9.50. The van der Waals surface area contributed by atoms with Crippen LogP contribution in [0.2, 0.25) is 0 Å². The van der Waals surface area contributed by atoms with Gasteiger partial charge in [-0.15, -0.1) is 0 Å². The topological polar surface area (TPSA) is 81.3 Å². The molecule has 0 heterocycles. The van der Waals surface area contributed by atoms with Crippen molar-refractivity contribution in [2.75, 3.05) is 6.54 Å². The molecule has 0 aliphatic carbocycles. The summed E-state index contributed by atoms with van der Waals surface area (Å²) in [6.45, 7) is 6.09. The van der Waals surface area contributed by atoms with Gasteiger partial charge in [-0.1, -0.05) is 27.2 Å². The predicted octanol–water partition coefficient (Wildman–Crippen LogP) is -0.140. The molecule has 0 bridgehead atoms. The molecule has 0 fully saturated rings. The van der Waals surface area contributed by atoms with Crippen LogP contribution in [0, 0.1) is 5.92 Å². The molecule has 5 nitrogen and oxygen atoms in total. The number of urea groups is 1. The Morgan fingerprint density at radius 1 is 1.33 bits per heavy atom. The van der Waals surface area contributed by atoms with E-state index in [1.807, 2.05) is 13.8 Å². The van der Waals surface area contributed by atoms with Crippen LogP contribution in [-0.2, 0) is 4.79 Å². The van der Waals surface area contributed by atoms with E-state index in [9.17, 15) is 14.7 Å². The number of hydrogen-bond donors (Lipinski definition) is 2. The van der Waals surface area contributed by atoms with Crippen LogP contribution in [0.5, 0.6) is 0 Å². The smallest absolute Gasteiger partial charge is 0.315 e. The van der Waals surface area contributed by atoms with E-state index < -0.39 is 18.0 Å². The van der Waals surface area contributed by atoms with Gasteiger partial charge < -0.3 is 20.5 Å². The quantitative estimate of drug-likeness (QED) is 0.647. The van der Waals surface area contributed by atoms with Crippen molar-refractivity contribution in [3.63, 3.8) is 0 Å². The van der Waals surface area contributed by atoms with Gasteiger partial charge in [0.1, 0.15) is 0 Å². The Morgan fingerprint density at radius 2 is 1.93 bits per heavy atom. The van der Waals surface area contributed by atoms with Gasteiger partial charge >= 0.3 is 6.03 Å². The number of rotatable bonds is 6. The number of hydrogen-bond acceptors (Lipinski definition) is 3. The van der Waals surface area contributed by atoms with Gasteiger partial charge in [0.15, 0.2) is 0 Å². The maximum atomic E-state index is 11.2. The first-order valence-corrected chi connectivity index (χ1v) is 5.28. The molecule has 0 saturated heterocycles. The number of aliphatic carboxylic acids is 1. The van der Waals surface area contributed by atoms with Crippen molar-refractivity contribution in [3.8, 4) is 0 Å². The Morgan fingerprint density at radius 3 is 2.33 bits per heavy atom. The molecular formula is C10H19N2O3-. The highest BCUT2D eigenvalue weighted by Crippen LogP contribution is 2.06. The maximum Gasteiger partial charge on any atom is 0.315 e. The summed E-state index contributed by atoms with van der Waals surface area (Å²) in [5.41, 5.74) is 0. The molecule has 88 valence electrons. The normalized spacial score (nSPS) is 14.1. The van der Waals surface area contributed by atoms with Crippen molar-refractivity contribution in [1.82, 2.24) is 10.6 Å². The largest absolute Gasteiger partial charge is 0.548 e. The summed E-state index contributed by atoms with van der Waals surface area (Å²) in [4.78, 5) is 22.0. The molecule has 0 rings (SSSR count). The van der Waals surface area contributed by atoms with Crippen LogP contribution in [-0.4, -0.2) is 24.6 Å². The summed E-state index contributed by atoms with van der Waals surface area (Å²) in [5.74, 6) is -1.38. The van der Waals surface area contributed by atoms with Crippen LogP contribution in [0.4, 0.5) is 4.79 Å². The molecule has 0 radical (unpaired) electrons. The van der Waals surface area contributed by atoms with Crippen molar-refractivity contribution in [1.29, 1.82) is 0 Å². The second kappa shape index (κ2) is 7.09. The van der Waals surface area contributed by atoms with Gasteiger partial charge in [0.2, 0.25) is 0 Å². The minimum Gasteiger partial charge on any atom is -0.548 e. The van der Waals surface area contributed by atoms with Crippen LogP contribution in [0.15, 0.2) is 0 Å². The molecule has 0 aromatic carbocycles. The first kappa shape index (κ1) is 13.7. The Kier molecular flexibility index (Phi) is 6.49. The summed E-state index contributed by atoms with van der Waals surface area (Å²) < 4.78 is 0. The molecule has 0 unspecified atom stereocenters. The Balaban J connectivity index is 4.16. The summed E-state index contributed by atoms with van der Waals surface area (Å²) in [6.07, 6.45) is 1.49. The Labute approximate surface area is 90.2 Å². The molecule has 0 aliphatic heterocycles.